The van der Waals surface area contributed by atoms with Gasteiger partial charge in [-0.1, -0.05) is 91.6 Å². The van der Waals surface area contributed by atoms with Gasteiger partial charge in [0, 0.05) is 33.8 Å². The second kappa shape index (κ2) is 13.3. The van der Waals surface area contributed by atoms with Crippen molar-refractivity contribution in [3.8, 4) is 35.0 Å². The number of hydrogen-bond acceptors (Lipinski definition) is 4. The number of rotatable bonds is 6. The molecule has 0 spiro atoms. The SMILES string of the molecule is C=C(/C=C\C=C(/C)N1c2ccc(C#N)cc2C2C=CC=CC21)c1ccc(C#N)cc1-c1ccccc1-n1c2c(c3ccc(C#N)cc31)C=CCC=C2. The maximum atomic E-state index is 9.99. The fraction of sp³-hybridized carbons (Fsp3) is 0.0851. The first kappa shape index (κ1) is 32.1. The summed E-state index contributed by atoms with van der Waals surface area (Å²) in [5, 5.41) is 30.4. The van der Waals surface area contributed by atoms with Gasteiger partial charge in [0.05, 0.1) is 57.8 Å². The van der Waals surface area contributed by atoms with E-state index in [2.05, 4.69) is 108 Å². The molecular weight excluding hydrogens is 635 g/mol. The number of benzene rings is 4. The van der Waals surface area contributed by atoms with E-state index in [1.54, 1.807) is 0 Å². The Kier molecular flexibility index (Phi) is 8.21. The van der Waals surface area contributed by atoms with Crippen molar-refractivity contribution < 1.29 is 0 Å². The Morgan fingerprint density at radius 3 is 2.37 bits per heavy atom. The van der Waals surface area contributed by atoms with Gasteiger partial charge in [0.1, 0.15) is 0 Å². The van der Waals surface area contributed by atoms with Gasteiger partial charge in [-0.15, -0.1) is 0 Å². The largest absolute Gasteiger partial charge is 0.337 e. The van der Waals surface area contributed by atoms with Crippen LogP contribution in [0.2, 0.25) is 0 Å². The second-order valence-corrected chi connectivity index (χ2v) is 13.1. The number of aromatic nitrogens is 1. The van der Waals surface area contributed by atoms with E-state index >= 15 is 0 Å². The summed E-state index contributed by atoms with van der Waals surface area (Å²) in [6, 6.07) is 32.9. The molecule has 2 atom stereocenters. The predicted octanol–water partition coefficient (Wildman–Crippen LogP) is 10.9. The number of nitriles is 3. The van der Waals surface area contributed by atoms with Crippen LogP contribution in [0.5, 0.6) is 0 Å². The zero-order chi connectivity index (χ0) is 35.8. The molecule has 0 saturated carbocycles. The third kappa shape index (κ3) is 5.41. The lowest BCUT2D eigenvalue weighted by molar-refractivity contribution is 0.722. The van der Waals surface area contributed by atoms with Gasteiger partial charge >= 0.3 is 0 Å². The maximum Gasteiger partial charge on any atom is 0.0992 e. The molecule has 2 heterocycles. The van der Waals surface area contributed by atoms with Crippen molar-refractivity contribution in [2.24, 2.45) is 0 Å². The summed E-state index contributed by atoms with van der Waals surface area (Å²) in [6.07, 6.45) is 24.2. The Morgan fingerprint density at radius 2 is 1.52 bits per heavy atom. The molecule has 0 saturated heterocycles. The molecule has 2 unspecified atom stereocenters. The van der Waals surface area contributed by atoms with E-state index in [-0.39, 0.29) is 12.0 Å². The summed E-state index contributed by atoms with van der Waals surface area (Å²) in [4.78, 5) is 2.34. The predicted molar refractivity (Wildman–Crippen MR) is 211 cm³/mol. The smallest absolute Gasteiger partial charge is 0.0992 e. The number of allylic oxidation sites excluding steroid dienone is 9. The Hall–Kier alpha value is -7.13. The summed E-state index contributed by atoms with van der Waals surface area (Å²) in [7, 11) is 0. The Labute approximate surface area is 303 Å². The van der Waals surface area contributed by atoms with Crippen molar-refractivity contribution in [3.63, 3.8) is 0 Å². The van der Waals surface area contributed by atoms with Crippen LogP contribution in [0.1, 0.15) is 58.3 Å². The molecule has 0 radical (unpaired) electrons. The van der Waals surface area contributed by atoms with Crippen molar-refractivity contribution in [1.29, 1.82) is 15.8 Å². The van der Waals surface area contributed by atoms with Crippen LogP contribution in [-0.4, -0.2) is 10.6 Å². The first-order valence-electron chi connectivity index (χ1n) is 17.3. The molecule has 5 heteroatoms. The van der Waals surface area contributed by atoms with Crippen molar-refractivity contribution in [2.45, 2.75) is 25.3 Å². The molecule has 2 aliphatic carbocycles. The Bertz CT molecular complexity index is 2630. The van der Waals surface area contributed by atoms with Crippen molar-refractivity contribution in [1.82, 2.24) is 4.57 Å². The lowest BCUT2D eigenvalue weighted by atomic mass is 9.91. The third-order valence-electron chi connectivity index (χ3n) is 10.1. The monoisotopic (exact) mass is 667 g/mol. The van der Waals surface area contributed by atoms with Gasteiger partial charge in [-0.3, -0.25) is 0 Å². The molecule has 3 aliphatic rings. The van der Waals surface area contributed by atoms with Gasteiger partial charge in [-0.05, 0) is 96.3 Å². The van der Waals surface area contributed by atoms with Crippen LogP contribution in [0.25, 0.3) is 45.4 Å². The van der Waals surface area contributed by atoms with Crippen molar-refractivity contribution in [2.75, 3.05) is 4.90 Å². The number of fused-ring (bicyclic) bond motifs is 6. The molecule has 52 heavy (non-hydrogen) atoms. The molecule has 4 aromatic carbocycles. The van der Waals surface area contributed by atoms with Crippen molar-refractivity contribution in [3.05, 3.63) is 185 Å². The lowest BCUT2D eigenvalue weighted by Gasteiger charge is -2.29. The van der Waals surface area contributed by atoms with Crippen LogP contribution in [0.15, 0.2) is 146 Å². The van der Waals surface area contributed by atoms with E-state index in [4.69, 9.17) is 0 Å². The third-order valence-corrected chi connectivity index (χ3v) is 10.1. The fourth-order valence-corrected chi connectivity index (χ4v) is 7.76. The molecule has 0 bridgehead atoms. The maximum absolute atomic E-state index is 9.99. The van der Waals surface area contributed by atoms with Gasteiger partial charge in [0.2, 0.25) is 0 Å². The highest BCUT2D eigenvalue weighted by Crippen LogP contribution is 2.46. The quantitative estimate of drug-likeness (QED) is 0.169. The minimum Gasteiger partial charge on any atom is -0.337 e. The highest BCUT2D eigenvalue weighted by molar-refractivity contribution is 5.98. The molecule has 0 N–H and O–H groups in total. The molecule has 246 valence electrons. The van der Waals surface area contributed by atoms with Crippen LogP contribution in [0.4, 0.5) is 5.69 Å². The summed E-state index contributed by atoms with van der Waals surface area (Å²) in [5.41, 5.74) is 12.8. The number of hydrogen-bond donors (Lipinski definition) is 0. The lowest BCUT2D eigenvalue weighted by Crippen LogP contribution is -2.31. The van der Waals surface area contributed by atoms with Crippen LogP contribution >= 0.6 is 0 Å². The van der Waals surface area contributed by atoms with Crippen LogP contribution in [0.3, 0.4) is 0 Å². The van der Waals surface area contributed by atoms with E-state index in [0.717, 1.165) is 73.5 Å². The van der Waals surface area contributed by atoms with Gasteiger partial charge in [-0.2, -0.15) is 15.8 Å². The summed E-state index contributed by atoms with van der Waals surface area (Å²) in [5.74, 6) is 0.183. The molecule has 1 aliphatic heterocycles. The van der Waals surface area contributed by atoms with E-state index < -0.39 is 0 Å². The minimum atomic E-state index is 0.137. The van der Waals surface area contributed by atoms with E-state index in [1.807, 2.05) is 78.9 Å². The normalized spacial score (nSPS) is 17.0. The van der Waals surface area contributed by atoms with Gasteiger partial charge < -0.3 is 9.47 Å². The van der Waals surface area contributed by atoms with Crippen LogP contribution in [0, 0.1) is 34.0 Å². The summed E-state index contributed by atoms with van der Waals surface area (Å²) >= 11 is 0. The molecule has 5 nitrogen and oxygen atoms in total. The van der Waals surface area contributed by atoms with Gasteiger partial charge in [-0.25, -0.2) is 0 Å². The number of para-hydroxylation sites is 1. The average Bonchev–Trinajstić information content (AvgIpc) is 3.56. The summed E-state index contributed by atoms with van der Waals surface area (Å²) in [6.45, 7) is 6.61. The number of nitrogens with zero attached hydrogens (tertiary/aromatic N) is 5. The molecule has 1 aromatic heterocycles. The standard InChI is InChI=1S/C47H33N5/c1-31(11-10-12-32(2)51-43-17-8-7-15-39(43)42-26-34(29-49)21-24-46(42)51)36-22-19-33(28-48)25-41(36)38-14-6-9-18-45(38)52-44-16-5-3-4-13-37(44)40-23-20-35(30-50)27-47(40)52/h4-27,39,43H,1,3H2,2H3/b11-10-,32-12+. The Morgan fingerprint density at radius 1 is 0.788 bits per heavy atom. The van der Waals surface area contributed by atoms with E-state index in [9.17, 15) is 15.8 Å². The molecule has 8 rings (SSSR count). The van der Waals surface area contributed by atoms with E-state index in [0.29, 0.717) is 16.7 Å². The van der Waals surface area contributed by atoms with E-state index in [1.165, 1.54) is 0 Å². The fourth-order valence-electron chi connectivity index (χ4n) is 7.76. The topological polar surface area (TPSA) is 79.5 Å². The molecule has 5 aromatic rings. The summed E-state index contributed by atoms with van der Waals surface area (Å²) < 4.78 is 2.23. The zero-order valence-corrected chi connectivity index (χ0v) is 28.7. The highest BCUT2D eigenvalue weighted by atomic mass is 15.2. The molecule has 0 amide bonds. The number of anilines is 1. The first-order valence-corrected chi connectivity index (χ1v) is 17.3. The minimum absolute atomic E-state index is 0.137. The van der Waals surface area contributed by atoms with Gasteiger partial charge in [0.15, 0.2) is 0 Å². The van der Waals surface area contributed by atoms with Gasteiger partial charge in [0.25, 0.3) is 0 Å². The molecular formula is C47H33N5. The second-order valence-electron chi connectivity index (χ2n) is 13.1. The highest BCUT2D eigenvalue weighted by Gasteiger charge is 2.37. The molecule has 0 fully saturated rings. The van der Waals surface area contributed by atoms with Crippen LogP contribution in [-0.2, 0) is 0 Å². The first-order chi connectivity index (χ1) is 25.5. The Balaban J connectivity index is 1.20. The van der Waals surface area contributed by atoms with Crippen LogP contribution < -0.4 is 4.90 Å². The average molecular weight is 668 g/mol. The van der Waals surface area contributed by atoms with Crippen molar-refractivity contribution >= 4 is 34.3 Å². The zero-order valence-electron chi connectivity index (χ0n) is 28.7.